The number of nitrogens with zero attached hydrogens (tertiary/aromatic N) is 1. The van der Waals surface area contributed by atoms with Crippen LogP contribution in [0.5, 0.6) is 5.75 Å². The van der Waals surface area contributed by atoms with Gasteiger partial charge in [-0.15, -0.1) is 0 Å². The Labute approximate surface area is 180 Å². The first kappa shape index (κ1) is 20.8. The average molecular weight is 419 g/mol. The predicted octanol–water partition coefficient (Wildman–Crippen LogP) is 6.22. The quantitative estimate of drug-likeness (QED) is 0.503. The molecule has 0 N–H and O–H groups in total. The van der Waals surface area contributed by atoms with Gasteiger partial charge >= 0.3 is 0 Å². The topological polar surface area (TPSA) is 29.5 Å². The molecular weight excluding hydrogens is 396 g/mol. The lowest BCUT2D eigenvalue weighted by atomic mass is 9.96. The van der Waals surface area contributed by atoms with Gasteiger partial charge in [-0.2, -0.15) is 0 Å². The summed E-state index contributed by atoms with van der Waals surface area (Å²) in [6, 6.07) is 15.8. The van der Waals surface area contributed by atoms with Crippen LogP contribution in [-0.2, 0) is 0 Å². The second-order valence-electron chi connectivity index (χ2n) is 7.73. The van der Waals surface area contributed by atoms with Crippen molar-refractivity contribution in [2.24, 2.45) is 0 Å². The van der Waals surface area contributed by atoms with E-state index in [1.54, 1.807) is 23.1 Å². The molecule has 0 spiro atoms. The van der Waals surface area contributed by atoms with E-state index < -0.39 is 5.82 Å². The summed E-state index contributed by atoms with van der Waals surface area (Å²) >= 11 is 0. The van der Waals surface area contributed by atoms with Crippen LogP contribution >= 0.6 is 0 Å². The van der Waals surface area contributed by atoms with Crippen molar-refractivity contribution < 1.29 is 18.3 Å². The lowest BCUT2D eigenvalue weighted by molar-refractivity contribution is 0.0782. The maximum absolute atomic E-state index is 13.8. The van der Waals surface area contributed by atoms with Crippen molar-refractivity contribution >= 4 is 11.5 Å². The number of carbonyl (C=O) groups excluding carboxylic acids is 1. The Morgan fingerprint density at radius 1 is 1.00 bits per heavy atom. The van der Waals surface area contributed by atoms with E-state index in [1.807, 2.05) is 38.2 Å². The second kappa shape index (κ2) is 8.34. The molecule has 1 unspecified atom stereocenters. The molecule has 0 aliphatic carbocycles. The number of carbonyl (C=O) groups is 1. The summed E-state index contributed by atoms with van der Waals surface area (Å²) in [7, 11) is 1.48. The normalized spacial score (nSPS) is 15.7. The smallest absolute Gasteiger partial charge is 0.258 e. The Morgan fingerprint density at radius 3 is 2.42 bits per heavy atom. The van der Waals surface area contributed by atoms with Crippen LogP contribution in [0.3, 0.4) is 0 Å². The molecular formula is C26H23F2NO2. The van der Waals surface area contributed by atoms with Gasteiger partial charge in [0.2, 0.25) is 0 Å². The van der Waals surface area contributed by atoms with Crippen LogP contribution < -0.4 is 4.74 Å². The van der Waals surface area contributed by atoms with Crippen molar-refractivity contribution in [3.63, 3.8) is 0 Å². The van der Waals surface area contributed by atoms with Gasteiger partial charge in [0, 0.05) is 23.4 Å². The Hall–Kier alpha value is -3.47. The van der Waals surface area contributed by atoms with Crippen LogP contribution in [0.4, 0.5) is 8.78 Å². The summed E-state index contributed by atoms with van der Waals surface area (Å²) in [6.45, 7) is 3.90. The van der Waals surface area contributed by atoms with Crippen molar-refractivity contribution in [3.05, 3.63) is 106 Å². The number of amides is 1. The molecule has 0 saturated heterocycles. The number of methoxy groups -OCH3 is 1. The summed E-state index contributed by atoms with van der Waals surface area (Å²) in [5, 5.41) is 0. The number of rotatable bonds is 4. The molecule has 3 aromatic carbocycles. The van der Waals surface area contributed by atoms with Gasteiger partial charge in [-0.05, 0) is 66.8 Å². The summed E-state index contributed by atoms with van der Waals surface area (Å²) in [6.07, 6.45) is 2.31. The number of aryl methyl sites for hydroxylation is 1. The summed E-state index contributed by atoms with van der Waals surface area (Å²) in [5.41, 5.74) is 5.02. The molecule has 4 rings (SSSR count). The number of ether oxygens (including phenoxy) is 1. The minimum Gasteiger partial charge on any atom is -0.496 e. The van der Waals surface area contributed by atoms with Gasteiger partial charge in [-0.3, -0.25) is 4.79 Å². The Bertz CT molecular complexity index is 1170. The van der Waals surface area contributed by atoms with Gasteiger partial charge in [0.1, 0.15) is 17.4 Å². The Kier molecular flexibility index (Phi) is 5.59. The van der Waals surface area contributed by atoms with E-state index in [4.69, 9.17) is 4.74 Å². The molecule has 1 heterocycles. The van der Waals surface area contributed by atoms with Gasteiger partial charge in [-0.25, -0.2) is 8.78 Å². The zero-order valence-corrected chi connectivity index (χ0v) is 17.7. The highest BCUT2D eigenvalue weighted by Crippen LogP contribution is 2.43. The molecule has 0 saturated carbocycles. The molecule has 31 heavy (non-hydrogen) atoms. The minimum absolute atomic E-state index is 0.144. The zero-order valence-electron chi connectivity index (χ0n) is 17.7. The van der Waals surface area contributed by atoms with Gasteiger partial charge in [0.05, 0.1) is 13.2 Å². The first-order valence-electron chi connectivity index (χ1n) is 10.1. The van der Waals surface area contributed by atoms with E-state index in [0.29, 0.717) is 17.7 Å². The van der Waals surface area contributed by atoms with E-state index >= 15 is 0 Å². The molecule has 1 atom stereocenters. The molecule has 1 amide bonds. The van der Waals surface area contributed by atoms with Crippen LogP contribution in [0.25, 0.3) is 5.57 Å². The van der Waals surface area contributed by atoms with Crippen molar-refractivity contribution in [1.29, 1.82) is 0 Å². The SMILES string of the molecule is COc1cc(F)ccc1C1CC(c2ccc(F)cc2)=CN1C(=O)c1cccc(C)c1C. The largest absolute Gasteiger partial charge is 0.496 e. The monoisotopic (exact) mass is 419 g/mol. The van der Waals surface area contributed by atoms with Gasteiger partial charge < -0.3 is 9.64 Å². The maximum Gasteiger partial charge on any atom is 0.258 e. The third kappa shape index (κ3) is 3.96. The van der Waals surface area contributed by atoms with Crippen molar-refractivity contribution in [2.45, 2.75) is 26.3 Å². The summed E-state index contributed by atoms with van der Waals surface area (Å²) < 4.78 is 32.7. The highest BCUT2D eigenvalue weighted by molar-refractivity contribution is 5.98. The average Bonchev–Trinajstić information content (AvgIpc) is 3.20. The lowest BCUT2D eigenvalue weighted by Crippen LogP contribution is -2.28. The number of hydrogen-bond donors (Lipinski definition) is 0. The highest BCUT2D eigenvalue weighted by Gasteiger charge is 2.34. The standard InChI is InChI=1S/C26H23F2NO2/c1-16-5-4-6-22(17(16)2)26(30)29-15-19(18-7-9-20(27)10-8-18)13-24(29)23-12-11-21(28)14-25(23)31-3/h4-12,14-15,24H,13H2,1-3H3. The van der Waals surface area contributed by atoms with E-state index in [-0.39, 0.29) is 17.8 Å². The molecule has 1 aliphatic rings. The van der Waals surface area contributed by atoms with Crippen LogP contribution in [0.2, 0.25) is 0 Å². The maximum atomic E-state index is 13.8. The number of hydrogen-bond acceptors (Lipinski definition) is 2. The molecule has 3 nitrogen and oxygen atoms in total. The minimum atomic E-state index is -0.405. The van der Waals surface area contributed by atoms with Crippen LogP contribution in [0.1, 0.15) is 45.1 Å². The Morgan fingerprint density at radius 2 is 1.71 bits per heavy atom. The molecule has 1 aliphatic heterocycles. The Balaban J connectivity index is 1.81. The fourth-order valence-electron chi connectivity index (χ4n) is 4.02. The van der Waals surface area contributed by atoms with Crippen molar-refractivity contribution in [1.82, 2.24) is 4.90 Å². The molecule has 0 radical (unpaired) electrons. The van der Waals surface area contributed by atoms with Gasteiger partial charge in [0.15, 0.2) is 0 Å². The van der Waals surface area contributed by atoms with Crippen LogP contribution in [0, 0.1) is 25.5 Å². The van der Waals surface area contributed by atoms with E-state index in [1.165, 1.54) is 31.4 Å². The fourth-order valence-corrected chi connectivity index (χ4v) is 4.02. The first-order valence-corrected chi connectivity index (χ1v) is 10.1. The second-order valence-corrected chi connectivity index (χ2v) is 7.73. The van der Waals surface area contributed by atoms with Crippen LogP contribution in [-0.4, -0.2) is 17.9 Å². The van der Waals surface area contributed by atoms with E-state index in [9.17, 15) is 13.6 Å². The molecule has 5 heteroatoms. The number of benzene rings is 3. The fraction of sp³-hybridized carbons (Fsp3) is 0.192. The summed E-state index contributed by atoms with van der Waals surface area (Å²) in [5.74, 6) is -0.479. The third-order valence-electron chi connectivity index (χ3n) is 5.88. The van der Waals surface area contributed by atoms with Crippen molar-refractivity contribution in [2.75, 3.05) is 7.11 Å². The van der Waals surface area contributed by atoms with E-state index in [2.05, 4.69) is 0 Å². The molecule has 0 bridgehead atoms. The first-order chi connectivity index (χ1) is 14.9. The zero-order chi connectivity index (χ0) is 22.1. The lowest BCUT2D eigenvalue weighted by Gasteiger charge is -2.26. The van der Waals surface area contributed by atoms with Crippen molar-refractivity contribution in [3.8, 4) is 5.75 Å². The number of halogens is 2. The predicted molar refractivity (Wildman–Crippen MR) is 117 cm³/mol. The van der Waals surface area contributed by atoms with Gasteiger partial charge in [0.25, 0.3) is 5.91 Å². The molecule has 158 valence electrons. The van der Waals surface area contributed by atoms with Crippen LogP contribution in [0.15, 0.2) is 66.9 Å². The third-order valence-corrected chi connectivity index (χ3v) is 5.88. The summed E-state index contributed by atoms with van der Waals surface area (Å²) in [4.78, 5) is 15.3. The molecule has 0 fully saturated rings. The highest BCUT2D eigenvalue weighted by atomic mass is 19.1. The molecule has 3 aromatic rings. The van der Waals surface area contributed by atoms with Gasteiger partial charge in [-0.1, -0.05) is 30.3 Å². The van der Waals surface area contributed by atoms with E-state index in [0.717, 1.165) is 27.8 Å². The molecule has 0 aromatic heterocycles.